The van der Waals surface area contributed by atoms with Crippen LogP contribution in [0.15, 0.2) is 24.5 Å². The first kappa shape index (κ1) is 14.7. The first-order valence-corrected chi connectivity index (χ1v) is 6.22. The molecule has 0 unspecified atom stereocenters. The highest BCUT2D eigenvalue weighted by Crippen LogP contribution is 2.09. The van der Waals surface area contributed by atoms with Crippen molar-refractivity contribution in [3.05, 3.63) is 47.3 Å². The van der Waals surface area contributed by atoms with Crippen molar-refractivity contribution in [1.82, 2.24) is 20.5 Å². The van der Waals surface area contributed by atoms with E-state index in [4.69, 9.17) is 5.11 Å². The Bertz CT molecular complexity index is 674. The summed E-state index contributed by atoms with van der Waals surface area (Å²) < 4.78 is 13.8. The number of aromatic nitrogens is 3. The van der Waals surface area contributed by atoms with Crippen LogP contribution in [0.4, 0.5) is 4.39 Å². The maximum absolute atomic E-state index is 13.8. The summed E-state index contributed by atoms with van der Waals surface area (Å²) in [6, 6.07) is 4.05. The summed E-state index contributed by atoms with van der Waals surface area (Å²) in [4.78, 5) is 15.7. The van der Waals surface area contributed by atoms with Crippen LogP contribution >= 0.6 is 0 Å². The van der Waals surface area contributed by atoms with E-state index in [-0.39, 0.29) is 30.7 Å². The van der Waals surface area contributed by atoms with Gasteiger partial charge in [0.2, 0.25) is 0 Å². The van der Waals surface area contributed by atoms with Crippen molar-refractivity contribution in [3.8, 4) is 11.8 Å². The Morgan fingerprint density at radius 1 is 1.48 bits per heavy atom. The van der Waals surface area contributed by atoms with Crippen LogP contribution < -0.4 is 5.32 Å². The molecule has 0 aliphatic heterocycles. The number of H-pyrrole nitrogens is 1. The molecule has 0 fully saturated rings. The highest BCUT2D eigenvalue weighted by molar-refractivity contribution is 5.94. The smallest absolute Gasteiger partial charge is 0.251 e. The van der Waals surface area contributed by atoms with E-state index in [1.165, 1.54) is 18.5 Å². The van der Waals surface area contributed by atoms with Gasteiger partial charge in [0.25, 0.3) is 5.91 Å². The third-order valence-corrected chi connectivity index (χ3v) is 2.57. The molecule has 0 spiro atoms. The third-order valence-electron chi connectivity index (χ3n) is 2.57. The molecule has 0 saturated carbocycles. The van der Waals surface area contributed by atoms with E-state index in [0.717, 1.165) is 6.07 Å². The molecule has 108 valence electrons. The van der Waals surface area contributed by atoms with Gasteiger partial charge < -0.3 is 10.4 Å². The number of nitrogens with one attached hydrogen (secondary N) is 2. The molecule has 2 rings (SSSR count). The molecule has 2 aromatic rings. The Morgan fingerprint density at radius 3 is 3.00 bits per heavy atom. The molecular formula is C14H13FN4O2. The average Bonchev–Trinajstić information content (AvgIpc) is 3.00. The molecule has 6 nitrogen and oxygen atoms in total. The van der Waals surface area contributed by atoms with Gasteiger partial charge in [-0.2, -0.15) is 5.10 Å². The standard InChI is InChI=1S/C14H13FN4O2/c15-12-7-11(5-4-10(12)3-1-2-6-20)14(21)16-8-13-17-9-18-19-13/h4-5,7,9,20H,2,6,8H2,(H,16,21)(H,17,18,19). The minimum atomic E-state index is -0.576. The highest BCUT2D eigenvalue weighted by atomic mass is 19.1. The van der Waals surface area contributed by atoms with Crippen LogP contribution in [0.5, 0.6) is 0 Å². The molecule has 0 bridgehead atoms. The van der Waals surface area contributed by atoms with Gasteiger partial charge in [0, 0.05) is 12.0 Å². The van der Waals surface area contributed by atoms with Gasteiger partial charge in [-0.1, -0.05) is 11.8 Å². The number of rotatable bonds is 4. The monoisotopic (exact) mass is 288 g/mol. The summed E-state index contributed by atoms with van der Waals surface area (Å²) in [6.45, 7) is 0.106. The van der Waals surface area contributed by atoms with Crippen molar-refractivity contribution < 1.29 is 14.3 Å². The second-order valence-electron chi connectivity index (χ2n) is 4.08. The van der Waals surface area contributed by atoms with Gasteiger partial charge in [-0.3, -0.25) is 9.89 Å². The Balaban J connectivity index is 2.02. The van der Waals surface area contributed by atoms with E-state index in [9.17, 15) is 9.18 Å². The topological polar surface area (TPSA) is 90.9 Å². The average molecular weight is 288 g/mol. The van der Waals surface area contributed by atoms with E-state index in [1.807, 2.05) is 0 Å². The lowest BCUT2D eigenvalue weighted by molar-refractivity contribution is 0.0949. The van der Waals surface area contributed by atoms with E-state index in [1.54, 1.807) is 0 Å². The molecule has 7 heteroatoms. The van der Waals surface area contributed by atoms with Crippen molar-refractivity contribution >= 4 is 5.91 Å². The minimum Gasteiger partial charge on any atom is -0.395 e. The Morgan fingerprint density at radius 2 is 2.33 bits per heavy atom. The first-order valence-electron chi connectivity index (χ1n) is 6.22. The number of hydrogen-bond acceptors (Lipinski definition) is 4. The van der Waals surface area contributed by atoms with Crippen molar-refractivity contribution in [2.75, 3.05) is 6.61 Å². The fraction of sp³-hybridized carbons (Fsp3) is 0.214. The maximum Gasteiger partial charge on any atom is 0.251 e. The lowest BCUT2D eigenvalue weighted by atomic mass is 10.1. The van der Waals surface area contributed by atoms with Crippen LogP contribution in [0.25, 0.3) is 0 Å². The molecule has 0 radical (unpaired) electrons. The molecule has 0 atom stereocenters. The van der Waals surface area contributed by atoms with E-state index in [0.29, 0.717) is 5.82 Å². The highest BCUT2D eigenvalue weighted by Gasteiger charge is 2.09. The van der Waals surface area contributed by atoms with Crippen molar-refractivity contribution in [2.24, 2.45) is 0 Å². The largest absolute Gasteiger partial charge is 0.395 e. The Kier molecular flexibility index (Phi) is 5.01. The fourth-order valence-corrected chi connectivity index (χ4v) is 1.55. The number of aromatic amines is 1. The number of aliphatic hydroxyl groups is 1. The number of carbonyl (C=O) groups is 1. The zero-order chi connectivity index (χ0) is 15.1. The van der Waals surface area contributed by atoms with Gasteiger partial charge in [0.15, 0.2) is 0 Å². The molecule has 1 heterocycles. The van der Waals surface area contributed by atoms with Crippen LogP contribution in [0.2, 0.25) is 0 Å². The normalized spacial score (nSPS) is 9.81. The second kappa shape index (κ2) is 7.17. The zero-order valence-corrected chi connectivity index (χ0v) is 11.1. The first-order chi connectivity index (χ1) is 10.2. The molecule has 1 aromatic carbocycles. The molecule has 0 aliphatic carbocycles. The fourth-order valence-electron chi connectivity index (χ4n) is 1.55. The molecule has 1 aromatic heterocycles. The predicted octanol–water partition coefficient (Wildman–Crippen LogP) is 0.608. The summed E-state index contributed by atoms with van der Waals surface area (Å²) in [6.07, 6.45) is 1.61. The lowest BCUT2D eigenvalue weighted by Gasteiger charge is -2.04. The number of amides is 1. The van der Waals surface area contributed by atoms with Gasteiger partial charge in [0.05, 0.1) is 18.7 Å². The zero-order valence-electron chi connectivity index (χ0n) is 11.1. The van der Waals surface area contributed by atoms with Crippen molar-refractivity contribution in [2.45, 2.75) is 13.0 Å². The lowest BCUT2D eigenvalue weighted by Crippen LogP contribution is -2.23. The van der Waals surface area contributed by atoms with Crippen molar-refractivity contribution in [1.29, 1.82) is 0 Å². The van der Waals surface area contributed by atoms with Gasteiger partial charge >= 0.3 is 0 Å². The molecule has 0 saturated heterocycles. The van der Waals surface area contributed by atoms with Gasteiger partial charge in [-0.25, -0.2) is 9.37 Å². The minimum absolute atomic E-state index is 0.0727. The van der Waals surface area contributed by atoms with Crippen LogP contribution in [0.1, 0.15) is 28.2 Å². The summed E-state index contributed by atoms with van der Waals surface area (Å²) in [7, 11) is 0. The number of benzene rings is 1. The summed E-state index contributed by atoms with van der Waals surface area (Å²) in [5.41, 5.74) is 0.384. The predicted molar refractivity (Wildman–Crippen MR) is 72.5 cm³/mol. The number of nitrogens with zero attached hydrogens (tertiary/aromatic N) is 2. The third kappa shape index (κ3) is 4.12. The van der Waals surface area contributed by atoms with Crippen LogP contribution in [-0.2, 0) is 6.54 Å². The molecule has 3 N–H and O–H groups in total. The van der Waals surface area contributed by atoms with Crippen LogP contribution in [0.3, 0.4) is 0 Å². The molecule has 1 amide bonds. The Hall–Kier alpha value is -2.72. The summed E-state index contributed by atoms with van der Waals surface area (Å²) in [5.74, 6) is 4.74. The Labute approximate surface area is 120 Å². The van der Waals surface area contributed by atoms with E-state index < -0.39 is 11.7 Å². The maximum atomic E-state index is 13.8. The van der Waals surface area contributed by atoms with E-state index >= 15 is 0 Å². The molecule has 0 aliphatic rings. The quantitative estimate of drug-likeness (QED) is 0.719. The van der Waals surface area contributed by atoms with E-state index in [2.05, 4.69) is 32.3 Å². The number of carbonyl (C=O) groups excluding carboxylic acids is 1. The molecular weight excluding hydrogens is 275 g/mol. The SMILES string of the molecule is O=C(NCc1ncn[nH]1)c1ccc(C#CCCO)c(F)c1. The second-order valence-corrected chi connectivity index (χ2v) is 4.08. The summed E-state index contributed by atoms with van der Waals surface area (Å²) >= 11 is 0. The van der Waals surface area contributed by atoms with Crippen LogP contribution in [-0.4, -0.2) is 32.8 Å². The number of hydrogen-bond donors (Lipinski definition) is 3. The number of aliphatic hydroxyl groups excluding tert-OH is 1. The van der Waals surface area contributed by atoms with Gasteiger partial charge in [-0.05, 0) is 18.2 Å². The number of halogens is 1. The van der Waals surface area contributed by atoms with Crippen molar-refractivity contribution in [3.63, 3.8) is 0 Å². The van der Waals surface area contributed by atoms with Gasteiger partial charge in [-0.15, -0.1) is 0 Å². The summed E-state index contributed by atoms with van der Waals surface area (Å²) in [5, 5.41) is 17.5. The van der Waals surface area contributed by atoms with Gasteiger partial charge in [0.1, 0.15) is 18.0 Å². The van der Waals surface area contributed by atoms with Crippen LogP contribution in [0, 0.1) is 17.7 Å². The molecule has 21 heavy (non-hydrogen) atoms.